The number of nitrogens with one attached hydrogen (secondary N) is 1. The fraction of sp³-hybridized carbons (Fsp3) is 0.0667. The van der Waals surface area contributed by atoms with Gasteiger partial charge in [-0.2, -0.15) is 0 Å². The van der Waals surface area contributed by atoms with E-state index in [2.05, 4.69) is 26.2 Å². The highest BCUT2D eigenvalue weighted by molar-refractivity contribution is 9.08. The molecule has 0 unspecified atom stereocenters. The van der Waals surface area contributed by atoms with Crippen LogP contribution >= 0.6 is 27.3 Å². The summed E-state index contributed by atoms with van der Waals surface area (Å²) in [5, 5.41) is 3.69. The SMILES string of the molecule is O=C(Nc1ccc2ncsc2c1)c1ccc(CBr)cc1. The molecule has 0 aliphatic carbocycles. The van der Waals surface area contributed by atoms with Crippen LogP contribution in [0.2, 0.25) is 0 Å². The average molecular weight is 347 g/mol. The van der Waals surface area contributed by atoms with E-state index in [-0.39, 0.29) is 5.91 Å². The zero-order valence-corrected chi connectivity index (χ0v) is 12.9. The van der Waals surface area contributed by atoms with Gasteiger partial charge in [0.1, 0.15) is 0 Å². The van der Waals surface area contributed by atoms with Crippen molar-refractivity contribution in [2.45, 2.75) is 5.33 Å². The second kappa shape index (κ2) is 5.73. The number of carbonyl (C=O) groups is 1. The van der Waals surface area contributed by atoms with Crippen LogP contribution in [0.25, 0.3) is 10.2 Å². The second-order valence-electron chi connectivity index (χ2n) is 4.32. The number of aromatic nitrogens is 1. The quantitative estimate of drug-likeness (QED) is 0.712. The number of fused-ring (bicyclic) bond motifs is 1. The van der Waals surface area contributed by atoms with E-state index in [4.69, 9.17) is 0 Å². The first-order valence-electron chi connectivity index (χ1n) is 6.06. The number of carbonyl (C=O) groups excluding carboxylic acids is 1. The first kappa shape index (κ1) is 13.3. The fourth-order valence-electron chi connectivity index (χ4n) is 1.88. The topological polar surface area (TPSA) is 42.0 Å². The van der Waals surface area contributed by atoms with Gasteiger partial charge >= 0.3 is 0 Å². The Morgan fingerprint density at radius 1 is 1.20 bits per heavy atom. The van der Waals surface area contributed by atoms with Crippen molar-refractivity contribution in [2.75, 3.05) is 5.32 Å². The van der Waals surface area contributed by atoms with E-state index in [1.807, 2.05) is 42.5 Å². The third-order valence-electron chi connectivity index (χ3n) is 2.96. The van der Waals surface area contributed by atoms with Crippen molar-refractivity contribution in [3.05, 3.63) is 59.1 Å². The molecule has 0 aliphatic heterocycles. The second-order valence-corrected chi connectivity index (χ2v) is 5.77. The van der Waals surface area contributed by atoms with Crippen molar-refractivity contribution in [1.82, 2.24) is 4.98 Å². The van der Waals surface area contributed by atoms with Gasteiger partial charge in [0.25, 0.3) is 5.91 Å². The molecule has 0 atom stereocenters. The summed E-state index contributed by atoms with van der Waals surface area (Å²) >= 11 is 4.95. The summed E-state index contributed by atoms with van der Waals surface area (Å²) < 4.78 is 1.07. The molecule has 5 heteroatoms. The third-order valence-corrected chi connectivity index (χ3v) is 4.40. The molecule has 1 amide bonds. The maximum Gasteiger partial charge on any atom is 0.255 e. The lowest BCUT2D eigenvalue weighted by molar-refractivity contribution is 0.102. The van der Waals surface area contributed by atoms with Crippen LogP contribution in [0.15, 0.2) is 48.0 Å². The Labute approximate surface area is 128 Å². The van der Waals surface area contributed by atoms with E-state index >= 15 is 0 Å². The van der Waals surface area contributed by atoms with Crippen LogP contribution in [0, 0.1) is 0 Å². The van der Waals surface area contributed by atoms with Crippen LogP contribution in [-0.2, 0) is 5.33 Å². The van der Waals surface area contributed by atoms with Gasteiger partial charge in [0.05, 0.1) is 15.7 Å². The summed E-state index contributed by atoms with van der Waals surface area (Å²) in [7, 11) is 0. The number of hydrogen-bond donors (Lipinski definition) is 1. The van der Waals surface area contributed by atoms with Crippen molar-refractivity contribution in [2.24, 2.45) is 0 Å². The summed E-state index contributed by atoms with van der Waals surface area (Å²) in [6.07, 6.45) is 0. The molecule has 0 saturated heterocycles. The number of benzene rings is 2. The van der Waals surface area contributed by atoms with E-state index in [1.54, 1.807) is 16.8 Å². The minimum absolute atomic E-state index is 0.102. The van der Waals surface area contributed by atoms with Gasteiger partial charge in [-0.3, -0.25) is 4.79 Å². The first-order chi connectivity index (χ1) is 9.76. The molecule has 0 spiro atoms. The van der Waals surface area contributed by atoms with E-state index < -0.39 is 0 Å². The molecule has 2 aromatic carbocycles. The Kier molecular flexibility index (Phi) is 3.80. The van der Waals surface area contributed by atoms with Gasteiger partial charge in [0.15, 0.2) is 0 Å². The Balaban J connectivity index is 1.80. The number of hydrogen-bond acceptors (Lipinski definition) is 3. The van der Waals surface area contributed by atoms with Crippen molar-refractivity contribution in [3.8, 4) is 0 Å². The van der Waals surface area contributed by atoms with Crippen LogP contribution < -0.4 is 5.32 Å². The van der Waals surface area contributed by atoms with Crippen molar-refractivity contribution in [3.63, 3.8) is 0 Å². The normalized spacial score (nSPS) is 10.7. The van der Waals surface area contributed by atoms with Crippen LogP contribution in [0.3, 0.4) is 0 Å². The number of thiazole rings is 1. The van der Waals surface area contributed by atoms with Crippen LogP contribution in [-0.4, -0.2) is 10.9 Å². The van der Waals surface area contributed by atoms with Gasteiger partial charge in [-0.25, -0.2) is 4.98 Å². The molecule has 0 aliphatic rings. The Morgan fingerprint density at radius 3 is 2.75 bits per heavy atom. The predicted octanol–water partition coefficient (Wildman–Crippen LogP) is 4.44. The Hall–Kier alpha value is -1.72. The number of rotatable bonds is 3. The summed E-state index contributed by atoms with van der Waals surface area (Å²) in [5.41, 5.74) is 5.34. The molecule has 20 heavy (non-hydrogen) atoms. The highest BCUT2D eigenvalue weighted by atomic mass is 79.9. The standard InChI is InChI=1S/C15H11BrN2OS/c16-8-10-1-3-11(4-2-10)15(19)18-12-5-6-13-14(7-12)20-9-17-13/h1-7,9H,8H2,(H,18,19). The lowest BCUT2D eigenvalue weighted by Crippen LogP contribution is -2.11. The maximum atomic E-state index is 12.2. The minimum atomic E-state index is -0.102. The average Bonchev–Trinajstić information content (AvgIpc) is 2.95. The lowest BCUT2D eigenvalue weighted by Gasteiger charge is -2.05. The van der Waals surface area contributed by atoms with Gasteiger partial charge in [0, 0.05) is 16.6 Å². The van der Waals surface area contributed by atoms with Crippen LogP contribution in [0.5, 0.6) is 0 Å². The molecule has 1 aromatic heterocycles. The zero-order valence-electron chi connectivity index (χ0n) is 10.5. The minimum Gasteiger partial charge on any atom is -0.322 e. The number of amides is 1. The number of halogens is 1. The summed E-state index contributed by atoms with van der Waals surface area (Å²) in [4.78, 5) is 16.4. The molecule has 3 nitrogen and oxygen atoms in total. The third kappa shape index (κ3) is 2.73. The molecular weight excluding hydrogens is 336 g/mol. The molecular formula is C15H11BrN2OS. The largest absolute Gasteiger partial charge is 0.322 e. The number of nitrogens with zero attached hydrogens (tertiary/aromatic N) is 1. The maximum absolute atomic E-state index is 12.2. The molecule has 0 saturated carbocycles. The van der Waals surface area contributed by atoms with Gasteiger partial charge in [0.2, 0.25) is 0 Å². The highest BCUT2D eigenvalue weighted by Gasteiger charge is 2.07. The van der Waals surface area contributed by atoms with Crippen LogP contribution in [0.1, 0.15) is 15.9 Å². The molecule has 0 bridgehead atoms. The molecule has 100 valence electrons. The number of alkyl halides is 1. The zero-order chi connectivity index (χ0) is 13.9. The van der Waals surface area contributed by atoms with Gasteiger partial charge in [-0.15, -0.1) is 11.3 Å². The summed E-state index contributed by atoms with van der Waals surface area (Å²) in [6, 6.07) is 13.3. The first-order valence-corrected chi connectivity index (χ1v) is 8.06. The van der Waals surface area contributed by atoms with E-state index in [9.17, 15) is 4.79 Å². The van der Waals surface area contributed by atoms with Crippen molar-refractivity contribution >= 4 is 49.1 Å². The Morgan fingerprint density at radius 2 is 2.00 bits per heavy atom. The van der Waals surface area contributed by atoms with E-state index in [0.717, 1.165) is 26.8 Å². The van der Waals surface area contributed by atoms with Gasteiger partial charge in [-0.1, -0.05) is 28.1 Å². The summed E-state index contributed by atoms with van der Waals surface area (Å²) in [6.45, 7) is 0. The van der Waals surface area contributed by atoms with Crippen molar-refractivity contribution < 1.29 is 4.79 Å². The molecule has 0 fully saturated rings. The predicted molar refractivity (Wildman–Crippen MR) is 86.6 cm³/mol. The number of anilines is 1. The highest BCUT2D eigenvalue weighted by Crippen LogP contribution is 2.22. The van der Waals surface area contributed by atoms with Crippen LogP contribution in [0.4, 0.5) is 5.69 Å². The molecule has 1 N–H and O–H groups in total. The lowest BCUT2D eigenvalue weighted by atomic mass is 10.1. The fourth-order valence-corrected chi connectivity index (χ4v) is 2.97. The molecule has 3 aromatic rings. The van der Waals surface area contributed by atoms with Crippen molar-refractivity contribution in [1.29, 1.82) is 0 Å². The monoisotopic (exact) mass is 346 g/mol. The Bertz CT molecular complexity index is 752. The summed E-state index contributed by atoms with van der Waals surface area (Å²) in [5.74, 6) is -0.102. The van der Waals surface area contributed by atoms with E-state index in [1.165, 1.54) is 0 Å². The molecule has 3 rings (SSSR count). The van der Waals surface area contributed by atoms with E-state index in [0.29, 0.717) is 5.56 Å². The van der Waals surface area contributed by atoms with Gasteiger partial charge < -0.3 is 5.32 Å². The molecule has 1 heterocycles. The smallest absolute Gasteiger partial charge is 0.255 e. The van der Waals surface area contributed by atoms with Gasteiger partial charge in [-0.05, 0) is 35.9 Å². The molecule has 0 radical (unpaired) electrons.